The minimum absolute atomic E-state index is 0.204. The molecular formula is C10H16O2. The van der Waals surface area contributed by atoms with Crippen LogP contribution in [0.3, 0.4) is 0 Å². The molecule has 1 saturated heterocycles. The SMILES string of the molecule is C1=C\CCC2(CCC/1)OCCO2. The van der Waals surface area contributed by atoms with Crippen molar-refractivity contribution in [3.8, 4) is 0 Å². The van der Waals surface area contributed by atoms with Gasteiger partial charge in [0.2, 0.25) is 0 Å². The van der Waals surface area contributed by atoms with Crippen molar-refractivity contribution in [1.82, 2.24) is 0 Å². The maximum atomic E-state index is 5.66. The summed E-state index contributed by atoms with van der Waals surface area (Å²) in [6.07, 6.45) is 10.1. The maximum Gasteiger partial charge on any atom is 0.168 e. The lowest BCUT2D eigenvalue weighted by Gasteiger charge is -2.27. The van der Waals surface area contributed by atoms with Crippen molar-refractivity contribution < 1.29 is 9.47 Å². The van der Waals surface area contributed by atoms with Crippen LogP contribution in [0.4, 0.5) is 0 Å². The fraction of sp³-hybridized carbons (Fsp3) is 0.800. The van der Waals surface area contributed by atoms with Crippen LogP contribution in [0, 0.1) is 0 Å². The maximum absolute atomic E-state index is 5.66. The smallest absolute Gasteiger partial charge is 0.168 e. The van der Waals surface area contributed by atoms with Gasteiger partial charge >= 0.3 is 0 Å². The van der Waals surface area contributed by atoms with Gasteiger partial charge in [0.05, 0.1) is 13.2 Å². The van der Waals surface area contributed by atoms with Crippen molar-refractivity contribution in [3.63, 3.8) is 0 Å². The minimum atomic E-state index is -0.204. The van der Waals surface area contributed by atoms with Crippen molar-refractivity contribution in [2.75, 3.05) is 13.2 Å². The van der Waals surface area contributed by atoms with Crippen LogP contribution in [-0.2, 0) is 9.47 Å². The highest BCUT2D eigenvalue weighted by molar-refractivity contribution is 4.89. The van der Waals surface area contributed by atoms with Crippen molar-refractivity contribution in [1.29, 1.82) is 0 Å². The van der Waals surface area contributed by atoms with E-state index in [-0.39, 0.29) is 5.79 Å². The van der Waals surface area contributed by atoms with Gasteiger partial charge in [-0.2, -0.15) is 0 Å². The molecule has 1 heterocycles. The van der Waals surface area contributed by atoms with E-state index in [1.165, 1.54) is 12.8 Å². The predicted octanol–water partition coefficient (Wildman–Crippen LogP) is 2.25. The van der Waals surface area contributed by atoms with Gasteiger partial charge in [0, 0.05) is 12.8 Å². The van der Waals surface area contributed by atoms with Crippen LogP contribution in [0.1, 0.15) is 32.1 Å². The van der Waals surface area contributed by atoms with Crippen LogP contribution < -0.4 is 0 Å². The van der Waals surface area contributed by atoms with Gasteiger partial charge in [-0.3, -0.25) is 0 Å². The monoisotopic (exact) mass is 168 g/mol. The molecule has 1 fully saturated rings. The molecule has 1 aliphatic heterocycles. The summed E-state index contributed by atoms with van der Waals surface area (Å²) >= 11 is 0. The molecule has 0 N–H and O–H groups in total. The number of rotatable bonds is 0. The van der Waals surface area contributed by atoms with Gasteiger partial charge in [-0.05, 0) is 19.3 Å². The molecule has 2 heteroatoms. The predicted molar refractivity (Wildman–Crippen MR) is 46.9 cm³/mol. The van der Waals surface area contributed by atoms with Crippen molar-refractivity contribution in [2.45, 2.75) is 37.9 Å². The van der Waals surface area contributed by atoms with Gasteiger partial charge in [-0.25, -0.2) is 0 Å². The van der Waals surface area contributed by atoms with Crippen LogP contribution >= 0.6 is 0 Å². The molecule has 1 aliphatic carbocycles. The first-order chi connectivity index (χ1) is 5.91. The van der Waals surface area contributed by atoms with E-state index in [0.717, 1.165) is 32.5 Å². The largest absolute Gasteiger partial charge is 0.348 e. The van der Waals surface area contributed by atoms with Crippen LogP contribution in [0.5, 0.6) is 0 Å². The Labute approximate surface area is 73.5 Å². The fourth-order valence-electron chi connectivity index (χ4n) is 1.94. The third-order valence-corrected chi connectivity index (χ3v) is 2.60. The Kier molecular flexibility index (Phi) is 2.47. The molecule has 2 nitrogen and oxygen atoms in total. The molecule has 0 unspecified atom stereocenters. The molecule has 1 spiro atoms. The lowest BCUT2D eigenvalue weighted by Crippen LogP contribution is -2.30. The Morgan fingerprint density at radius 2 is 1.67 bits per heavy atom. The van der Waals surface area contributed by atoms with Crippen LogP contribution in [0.15, 0.2) is 12.2 Å². The van der Waals surface area contributed by atoms with Gasteiger partial charge in [-0.15, -0.1) is 0 Å². The number of hydrogen-bond donors (Lipinski definition) is 0. The molecule has 0 radical (unpaired) electrons. The first-order valence-corrected chi connectivity index (χ1v) is 4.84. The summed E-state index contributed by atoms with van der Waals surface area (Å²) in [7, 11) is 0. The van der Waals surface area contributed by atoms with E-state index in [0.29, 0.717) is 0 Å². The molecule has 0 aromatic rings. The summed E-state index contributed by atoms with van der Waals surface area (Å²) in [5, 5.41) is 0. The van der Waals surface area contributed by atoms with Gasteiger partial charge < -0.3 is 9.47 Å². The van der Waals surface area contributed by atoms with Gasteiger partial charge in [0.15, 0.2) is 5.79 Å². The summed E-state index contributed by atoms with van der Waals surface area (Å²) in [6.45, 7) is 1.56. The Bertz CT molecular complexity index is 169. The highest BCUT2D eigenvalue weighted by Gasteiger charge is 2.35. The Hall–Kier alpha value is -0.340. The lowest BCUT2D eigenvalue weighted by molar-refractivity contribution is -0.167. The summed E-state index contributed by atoms with van der Waals surface area (Å²) in [5.74, 6) is -0.204. The van der Waals surface area contributed by atoms with Crippen molar-refractivity contribution >= 4 is 0 Å². The van der Waals surface area contributed by atoms with Crippen molar-refractivity contribution in [3.05, 3.63) is 12.2 Å². The normalized spacial score (nSPS) is 31.3. The molecule has 0 atom stereocenters. The lowest BCUT2D eigenvalue weighted by atomic mass is 10.00. The van der Waals surface area contributed by atoms with Crippen molar-refractivity contribution in [2.24, 2.45) is 0 Å². The van der Waals surface area contributed by atoms with E-state index in [1.807, 2.05) is 0 Å². The molecule has 12 heavy (non-hydrogen) atoms. The van der Waals surface area contributed by atoms with E-state index >= 15 is 0 Å². The van der Waals surface area contributed by atoms with E-state index in [2.05, 4.69) is 12.2 Å². The second-order valence-electron chi connectivity index (χ2n) is 3.51. The van der Waals surface area contributed by atoms with E-state index in [1.54, 1.807) is 0 Å². The molecule has 0 aromatic carbocycles. The van der Waals surface area contributed by atoms with Gasteiger partial charge in [-0.1, -0.05) is 12.2 Å². The Morgan fingerprint density at radius 1 is 0.917 bits per heavy atom. The fourth-order valence-corrected chi connectivity index (χ4v) is 1.94. The second kappa shape index (κ2) is 3.58. The van der Waals surface area contributed by atoms with E-state index < -0.39 is 0 Å². The zero-order chi connectivity index (χ0) is 8.28. The minimum Gasteiger partial charge on any atom is -0.348 e. The van der Waals surface area contributed by atoms with Crippen LogP contribution in [-0.4, -0.2) is 19.0 Å². The molecule has 2 aliphatic rings. The summed E-state index contributed by atoms with van der Waals surface area (Å²) in [6, 6.07) is 0. The quantitative estimate of drug-likeness (QED) is 0.516. The zero-order valence-electron chi connectivity index (χ0n) is 7.42. The third kappa shape index (κ3) is 1.70. The molecule has 0 aromatic heterocycles. The first-order valence-electron chi connectivity index (χ1n) is 4.84. The van der Waals surface area contributed by atoms with Crippen LogP contribution in [0.25, 0.3) is 0 Å². The average molecular weight is 168 g/mol. The van der Waals surface area contributed by atoms with E-state index in [9.17, 15) is 0 Å². The molecule has 2 rings (SSSR count). The Morgan fingerprint density at radius 3 is 2.50 bits per heavy atom. The standard InChI is InChI=1S/C10H16O2/c1-2-4-6-10(7-5-3-1)11-8-9-12-10/h1-2H,3-9H2/b2-1-. The van der Waals surface area contributed by atoms with Gasteiger partial charge in [0.1, 0.15) is 0 Å². The number of ether oxygens (including phenoxy) is 2. The van der Waals surface area contributed by atoms with Crippen LogP contribution in [0.2, 0.25) is 0 Å². The molecule has 0 amide bonds. The number of hydrogen-bond acceptors (Lipinski definition) is 2. The zero-order valence-corrected chi connectivity index (χ0v) is 7.42. The Balaban J connectivity index is 1.98. The highest BCUT2D eigenvalue weighted by Crippen LogP contribution is 2.31. The first kappa shape index (κ1) is 8.27. The summed E-state index contributed by atoms with van der Waals surface area (Å²) in [5.41, 5.74) is 0. The summed E-state index contributed by atoms with van der Waals surface area (Å²) < 4.78 is 11.3. The molecular weight excluding hydrogens is 152 g/mol. The van der Waals surface area contributed by atoms with E-state index in [4.69, 9.17) is 9.47 Å². The highest BCUT2D eigenvalue weighted by atomic mass is 16.7. The van der Waals surface area contributed by atoms with Gasteiger partial charge in [0.25, 0.3) is 0 Å². The third-order valence-electron chi connectivity index (χ3n) is 2.60. The number of allylic oxidation sites excluding steroid dienone is 2. The average Bonchev–Trinajstić information content (AvgIpc) is 2.47. The topological polar surface area (TPSA) is 18.5 Å². The molecule has 0 saturated carbocycles. The second-order valence-corrected chi connectivity index (χ2v) is 3.51. The summed E-state index contributed by atoms with van der Waals surface area (Å²) in [4.78, 5) is 0. The molecule has 68 valence electrons. The molecule has 0 bridgehead atoms.